The number of esters is 1. The normalized spacial score (nSPS) is 10.3. The van der Waals surface area contributed by atoms with E-state index in [1.807, 2.05) is 30.3 Å². The second-order valence-corrected chi connectivity index (χ2v) is 6.19. The average molecular weight is 401 g/mol. The van der Waals surface area contributed by atoms with Crippen LogP contribution < -0.4 is 14.9 Å². The van der Waals surface area contributed by atoms with Crippen LogP contribution in [0.3, 0.4) is 0 Å². The summed E-state index contributed by atoms with van der Waals surface area (Å²) in [5.74, 6) is 0.191. The molecule has 0 atom stereocenters. The standard InChI is InChI=1S/C21H17ClO6/c22-16-6-8-17(9-7-16)26-14-21(24)28-12-18-10-19(23)20(13-25-18)27-11-15-4-2-1-3-5-15/h1-10,13H,11-12,14H2. The molecule has 0 bridgehead atoms. The smallest absolute Gasteiger partial charge is 0.344 e. The molecule has 0 saturated carbocycles. The van der Waals surface area contributed by atoms with Crippen molar-refractivity contribution in [3.8, 4) is 11.5 Å². The van der Waals surface area contributed by atoms with Crippen LogP contribution in [0.15, 0.2) is 76.1 Å². The molecule has 0 fully saturated rings. The molecule has 0 saturated heterocycles. The summed E-state index contributed by atoms with van der Waals surface area (Å²) in [6.07, 6.45) is 1.21. The van der Waals surface area contributed by atoms with Crippen LogP contribution in [0.2, 0.25) is 5.02 Å². The van der Waals surface area contributed by atoms with Crippen molar-refractivity contribution in [2.45, 2.75) is 13.2 Å². The van der Waals surface area contributed by atoms with Crippen LogP contribution in [0.4, 0.5) is 0 Å². The van der Waals surface area contributed by atoms with E-state index in [1.165, 1.54) is 12.3 Å². The zero-order chi connectivity index (χ0) is 19.8. The molecule has 2 aromatic carbocycles. The number of rotatable bonds is 8. The molecule has 3 rings (SSSR count). The Morgan fingerprint density at radius 1 is 0.964 bits per heavy atom. The van der Waals surface area contributed by atoms with Crippen LogP contribution >= 0.6 is 11.6 Å². The van der Waals surface area contributed by atoms with Gasteiger partial charge in [0, 0.05) is 11.1 Å². The van der Waals surface area contributed by atoms with E-state index < -0.39 is 5.97 Å². The quantitative estimate of drug-likeness (QED) is 0.532. The highest BCUT2D eigenvalue weighted by molar-refractivity contribution is 6.30. The van der Waals surface area contributed by atoms with Gasteiger partial charge in [0.15, 0.2) is 6.61 Å². The molecule has 0 aliphatic carbocycles. The maximum absolute atomic E-state index is 12.1. The summed E-state index contributed by atoms with van der Waals surface area (Å²) in [6.45, 7) is -0.205. The van der Waals surface area contributed by atoms with Crippen molar-refractivity contribution in [2.75, 3.05) is 6.61 Å². The monoisotopic (exact) mass is 400 g/mol. The van der Waals surface area contributed by atoms with Crippen molar-refractivity contribution in [2.24, 2.45) is 0 Å². The van der Waals surface area contributed by atoms with Crippen molar-refractivity contribution in [1.29, 1.82) is 0 Å². The van der Waals surface area contributed by atoms with Gasteiger partial charge in [0.2, 0.25) is 11.2 Å². The van der Waals surface area contributed by atoms with E-state index in [9.17, 15) is 9.59 Å². The van der Waals surface area contributed by atoms with E-state index in [-0.39, 0.29) is 36.8 Å². The molecule has 1 aromatic heterocycles. The molecule has 144 valence electrons. The van der Waals surface area contributed by atoms with Gasteiger partial charge in [0.25, 0.3) is 0 Å². The predicted octanol–water partition coefficient (Wildman–Crippen LogP) is 3.99. The fraction of sp³-hybridized carbons (Fsp3) is 0.143. The third-order valence-electron chi connectivity index (χ3n) is 3.64. The fourth-order valence-electron chi connectivity index (χ4n) is 2.22. The molecule has 7 heteroatoms. The van der Waals surface area contributed by atoms with Gasteiger partial charge < -0.3 is 18.6 Å². The van der Waals surface area contributed by atoms with Crippen LogP contribution in [-0.4, -0.2) is 12.6 Å². The van der Waals surface area contributed by atoms with Crippen molar-refractivity contribution in [3.63, 3.8) is 0 Å². The van der Waals surface area contributed by atoms with Gasteiger partial charge >= 0.3 is 5.97 Å². The Labute approximate surface area is 166 Å². The Kier molecular flexibility index (Phi) is 6.70. The van der Waals surface area contributed by atoms with Gasteiger partial charge in [0.05, 0.1) is 0 Å². The Balaban J connectivity index is 1.46. The van der Waals surface area contributed by atoms with Crippen molar-refractivity contribution < 1.29 is 23.4 Å². The maximum atomic E-state index is 12.1. The van der Waals surface area contributed by atoms with E-state index in [1.54, 1.807) is 24.3 Å². The SMILES string of the molecule is O=C(COc1ccc(Cl)cc1)OCc1cc(=O)c(OCc2ccccc2)co1. The molecule has 3 aromatic rings. The second-order valence-electron chi connectivity index (χ2n) is 5.75. The molecule has 0 radical (unpaired) electrons. The summed E-state index contributed by atoms with van der Waals surface area (Å²) in [7, 11) is 0. The number of halogens is 1. The molecule has 6 nitrogen and oxygen atoms in total. The highest BCUT2D eigenvalue weighted by atomic mass is 35.5. The summed E-state index contributed by atoms with van der Waals surface area (Å²) < 4.78 is 21.1. The summed E-state index contributed by atoms with van der Waals surface area (Å²) in [5, 5.41) is 0.571. The summed E-state index contributed by atoms with van der Waals surface area (Å²) in [6, 6.07) is 17.3. The van der Waals surface area contributed by atoms with Gasteiger partial charge in [0.1, 0.15) is 31.0 Å². The van der Waals surface area contributed by atoms with Crippen molar-refractivity contribution >= 4 is 17.6 Å². The zero-order valence-corrected chi connectivity index (χ0v) is 15.6. The lowest BCUT2D eigenvalue weighted by Crippen LogP contribution is -2.15. The molecule has 0 unspecified atom stereocenters. The van der Waals surface area contributed by atoms with Crippen LogP contribution in [0.25, 0.3) is 0 Å². The molecule has 0 aliphatic heterocycles. The molecule has 1 heterocycles. The topological polar surface area (TPSA) is 75.0 Å². The summed E-state index contributed by atoms with van der Waals surface area (Å²) >= 11 is 5.77. The van der Waals surface area contributed by atoms with Gasteiger partial charge in [-0.05, 0) is 29.8 Å². The largest absolute Gasteiger partial charge is 0.482 e. The Hall–Kier alpha value is -3.25. The maximum Gasteiger partial charge on any atom is 0.344 e. The van der Waals surface area contributed by atoms with Gasteiger partial charge in [-0.3, -0.25) is 4.79 Å². The number of hydrogen-bond acceptors (Lipinski definition) is 6. The van der Waals surface area contributed by atoms with Crippen LogP contribution in [0.5, 0.6) is 11.5 Å². The second kappa shape index (κ2) is 9.62. The first-order valence-corrected chi connectivity index (χ1v) is 8.80. The first-order chi connectivity index (χ1) is 13.6. The van der Waals surface area contributed by atoms with Gasteiger partial charge in [-0.1, -0.05) is 41.9 Å². The minimum atomic E-state index is -0.595. The number of benzene rings is 2. The summed E-state index contributed by atoms with van der Waals surface area (Å²) in [5.41, 5.74) is 0.575. The van der Waals surface area contributed by atoms with E-state index in [0.717, 1.165) is 5.56 Å². The number of ether oxygens (including phenoxy) is 3. The van der Waals surface area contributed by atoms with E-state index in [0.29, 0.717) is 10.8 Å². The average Bonchev–Trinajstić information content (AvgIpc) is 2.72. The Bertz CT molecular complexity index is 966. The van der Waals surface area contributed by atoms with Crippen LogP contribution in [-0.2, 0) is 22.7 Å². The van der Waals surface area contributed by atoms with Crippen LogP contribution in [0.1, 0.15) is 11.3 Å². The first kappa shape index (κ1) is 19.5. The molecule has 0 N–H and O–H groups in total. The van der Waals surface area contributed by atoms with E-state index in [2.05, 4.69) is 0 Å². The summed E-state index contributed by atoms with van der Waals surface area (Å²) in [4.78, 5) is 23.8. The lowest BCUT2D eigenvalue weighted by Gasteiger charge is -2.08. The van der Waals surface area contributed by atoms with Gasteiger partial charge in [-0.15, -0.1) is 0 Å². The predicted molar refractivity (Wildman–Crippen MR) is 102 cm³/mol. The number of carbonyl (C=O) groups is 1. The molecular weight excluding hydrogens is 384 g/mol. The van der Waals surface area contributed by atoms with E-state index in [4.69, 9.17) is 30.2 Å². The third-order valence-corrected chi connectivity index (χ3v) is 3.89. The minimum Gasteiger partial charge on any atom is -0.482 e. The molecule has 28 heavy (non-hydrogen) atoms. The Morgan fingerprint density at radius 2 is 1.71 bits per heavy atom. The lowest BCUT2D eigenvalue weighted by molar-refractivity contribution is -0.147. The fourth-order valence-corrected chi connectivity index (χ4v) is 2.35. The van der Waals surface area contributed by atoms with E-state index >= 15 is 0 Å². The number of hydrogen-bond donors (Lipinski definition) is 0. The lowest BCUT2D eigenvalue weighted by atomic mass is 10.2. The van der Waals surface area contributed by atoms with Crippen LogP contribution in [0, 0.1) is 0 Å². The molecule has 0 spiro atoms. The molecular formula is C21H17ClO6. The molecule has 0 amide bonds. The highest BCUT2D eigenvalue weighted by Gasteiger charge is 2.09. The van der Waals surface area contributed by atoms with Crippen molar-refractivity contribution in [3.05, 3.63) is 93.5 Å². The highest BCUT2D eigenvalue weighted by Crippen LogP contribution is 2.15. The van der Waals surface area contributed by atoms with Gasteiger partial charge in [-0.25, -0.2) is 4.79 Å². The molecule has 0 aliphatic rings. The third kappa shape index (κ3) is 5.89. The number of carbonyl (C=O) groups excluding carboxylic acids is 1. The minimum absolute atomic E-state index is 0.0880. The zero-order valence-electron chi connectivity index (χ0n) is 14.8. The van der Waals surface area contributed by atoms with Crippen molar-refractivity contribution in [1.82, 2.24) is 0 Å². The van der Waals surface area contributed by atoms with Gasteiger partial charge in [-0.2, -0.15) is 0 Å². The first-order valence-electron chi connectivity index (χ1n) is 8.42. The Morgan fingerprint density at radius 3 is 2.43 bits per heavy atom.